The molecule has 0 saturated heterocycles. The van der Waals surface area contributed by atoms with Crippen LogP contribution in [0.15, 0.2) is 29.3 Å². The normalized spacial score (nSPS) is 11.9. The first-order chi connectivity index (χ1) is 13.4. The van der Waals surface area contributed by atoms with Crippen LogP contribution in [-0.2, 0) is 11.3 Å². The summed E-state index contributed by atoms with van der Waals surface area (Å²) in [5.74, 6) is 1.73. The summed E-state index contributed by atoms with van der Waals surface area (Å²) in [6.45, 7) is 12.0. The van der Waals surface area contributed by atoms with Crippen LogP contribution in [0.3, 0.4) is 0 Å². The van der Waals surface area contributed by atoms with Gasteiger partial charge in [-0.25, -0.2) is 4.99 Å². The van der Waals surface area contributed by atoms with Crippen molar-refractivity contribution in [1.82, 2.24) is 15.5 Å². The van der Waals surface area contributed by atoms with E-state index in [9.17, 15) is 0 Å². The van der Waals surface area contributed by atoms with E-state index < -0.39 is 0 Å². The molecule has 6 nitrogen and oxygen atoms in total. The van der Waals surface area contributed by atoms with Gasteiger partial charge in [-0.1, -0.05) is 12.1 Å². The Morgan fingerprint density at radius 3 is 2.59 bits per heavy atom. The lowest BCUT2D eigenvalue weighted by Crippen LogP contribution is -2.43. The summed E-state index contributed by atoms with van der Waals surface area (Å²) in [6.07, 6.45) is 2.13. The number of halogens is 1. The maximum Gasteiger partial charge on any atom is 0.191 e. The standard InChI is InChI=1S/C21H38N4O2S.HI/c1-7-22-20(24-17-21(2,3)28-6)23-16-18-9-8-10-19(15-18)27-14-12-25(4)11-13-26-5;/h8-10,15H,7,11-14,16-17H2,1-6H3,(H2,22,23,24);1H. The second-order valence-electron chi connectivity index (χ2n) is 7.30. The van der Waals surface area contributed by atoms with Gasteiger partial charge in [0.05, 0.1) is 13.2 Å². The van der Waals surface area contributed by atoms with Gasteiger partial charge in [-0.2, -0.15) is 11.8 Å². The largest absolute Gasteiger partial charge is 0.492 e. The van der Waals surface area contributed by atoms with E-state index in [0.29, 0.717) is 13.2 Å². The molecule has 2 N–H and O–H groups in total. The summed E-state index contributed by atoms with van der Waals surface area (Å²) < 4.78 is 11.2. The average Bonchev–Trinajstić information content (AvgIpc) is 2.69. The number of benzene rings is 1. The lowest BCUT2D eigenvalue weighted by Gasteiger charge is -2.23. The van der Waals surface area contributed by atoms with Crippen molar-refractivity contribution in [1.29, 1.82) is 0 Å². The van der Waals surface area contributed by atoms with Crippen LogP contribution in [0.2, 0.25) is 0 Å². The molecule has 1 aromatic rings. The molecule has 0 radical (unpaired) electrons. The molecule has 0 atom stereocenters. The number of ether oxygens (including phenoxy) is 2. The number of aliphatic imine (C=N–C) groups is 1. The molecule has 0 aromatic heterocycles. The van der Waals surface area contributed by atoms with Crippen LogP contribution in [0.5, 0.6) is 5.75 Å². The SMILES string of the molecule is CCNC(=NCc1cccc(OCCN(C)CCOC)c1)NCC(C)(C)SC.I. The number of nitrogens with zero attached hydrogens (tertiary/aromatic N) is 2. The van der Waals surface area contributed by atoms with Crippen molar-refractivity contribution in [3.05, 3.63) is 29.8 Å². The van der Waals surface area contributed by atoms with Crippen molar-refractivity contribution in [3.63, 3.8) is 0 Å². The number of guanidine groups is 1. The molecule has 8 heteroatoms. The highest BCUT2D eigenvalue weighted by Gasteiger charge is 2.16. The second-order valence-corrected chi connectivity index (χ2v) is 8.82. The molecule has 0 fully saturated rings. The molecular formula is C21H39IN4O2S. The van der Waals surface area contributed by atoms with Gasteiger partial charge in [0.2, 0.25) is 0 Å². The molecule has 29 heavy (non-hydrogen) atoms. The zero-order valence-corrected chi connectivity index (χ0v) is 21.9. The molecule has 0 amide bonds. The summed E-state index contributed by atoms with van der Waals surface area (Å²) in [6, 6.07) is 8.16. The molecule has 0 heterocycles. The second kappa shape index (κ2) is 16.0. The zero-order valence-electron chi connectivity index (χ0n) is 18.8. The monoisotopic (exact) mass is 538 g/mol. The van der Waals surface area contributed by atoms with E-state index in [1.165, 1.54) is 0 Å². The lowest BCUT2D eigenvalue weighted by molar-refractivity contribution is 0.150. The van der Waals surface area contributed by atoms with Crippen LogP contribution in [0, 0.1) is 0 Å². The van der Waals surface area contributed by atoms with E-state index in [0.717, 1.165) is 50.1 Å². The molecule has 0 saturated carbocycles. The quantitative estimate of drug-likeness (QED) is 0.228. The van der Waals surface area contributed by atoms with Crippen LogP contribution < -0.4 is 15.4 Å². The third-order valence-electron chi connectivity index (χ3n) is 4.32. The van der Waals surface area contributed by atoms with E-state index in [1.54, 1.807) is 7.11 Å². The first kappa shape index (κ1) is 28.3. The molecule has 0 unspecified atom stereocenters. The van der Waals surface area contributed by atoms with Crippen molar-refractivity contribution < 1.29 is 9.47 Å². The fourth-order valence-electron chi connectivity index (χ4n) is 2.29. The van der Waals surface area contributed by atoms with Gasteiger partial charge in [0.1, 0.15) is 12.4 Å². The van der Waals surface area contributed by atoms with Crippen molar-refractivity contribution >= 4 is 41.7 Å². The Morgan fingerprint density at radius 1 is 1.21 bits per heavy atom. The van der Waals surface area contributed by atoms with Gasteiger partial charge in [0.25, 0.3) is 0 Å². The number of hydrogen-bond acceptors (Lipinski definition) is 5. The predicted octanol–water partition coefficient (Wildman–Crippen LogP) is 3.46. The minimum atomic E-state index is 0. The molecule has 1 rings (SSSR count). The van der Waals surface area contributed by atoms with E-state index in [2.05, 4.69) is 61.7 Å². The van der Waals surface area contributed by atoms with E-state index in [4.69, 9.17) is 14.5 Å². The van der Waals surface area contributed by atoms with Crippen molar-refractivity contribution in [2.75, 3.05) is 59.8 Å². The van der Waals surface area contributed by atoms with Gasteiger partial charge in [-0.3, -0.25) is 0 Å². The maximum absolute atomic E-state index is 5.89. The van der Waals surface area contributed by atoms with Crippen LogP contribution in [0.4, 0.5) is 0 Å². The minimum absolute atomic E-state index is 0. The van der Waals surface area contributed by atoms with Crippen molar-refractivity contribution in [3.8, 4) is 5.75 Å². The highest BCUT2D eigenvalue weighted by Crippen LogP contribution is 2.19. The molecule has 0 aliphatic rings. The summed E-state index contributed by atoms with van der Waals surface area (Å²) >= 11 is 1.85. The molecule has 168 valence electrons. The van der Waals surface area contributed by atoms with Gasteiger partial charge in [-0.15, -0.1) is 24.0 Å². The molecule has 1 aromatic carbocycles. The van der Waals surface area contributed by atoms with Crippen LogP contribution >= 0.6 is 35.7 Å². The van der Waals surface area contributed by atoms with Crippen LogP contribution in [0.25, 0.3) is 0 Å². The first-order valence-corrected chi connectivity index (χ1v) is 11.1. The van der Waals surface area contributed by atoms with Crippen molar-refractivity contribution in [2.45, 2.75) is 32.1 Å². The minimum Gasteiger partial charge on any atom is -0.492 e. The smallest absolute Gasteiger partial charge is 0.191 e. The highest BCUT2D eigenvalue weighted by molar-refractivity contribution is 14.0. The van der Waals surface area contributed by atoms with E-state index in [1.807, 2.05) is 23.9 Å². The Labute approximate surface area is 198 Å². The summed E-state index contributed by atoms with van der Waals surface area (Å²) in [4.78, 5) is 6.91. The summed E-state index contributed by atoms with van der Waals surface area (Å²) in [5.41, 5.74) is 1.13. The molecule has 0 bridgehead atoms. The van der Waals surface area contributed by atoms with E-state index in [-0.39, 0.29) is 28.7 Å². The van der Waals surface area contributed by atoms with E-state index >= 15 is 0 Å². The number of thioether (sulfide) groups is 1. The van der Waals surface area contributed by atoms with Gasteiger partial charge < -0.3 is 25.0 Å². The van der Waals surface area contributed by atoms with Gasteiger partial charge >= 0.3 is 0 Å². The lowest BCUT2D eigenvalue weighted by atomic mass is 10.2. The van der Waals surface area contributed by atoms with Gasteiger partial charge in [0.15, 0.2) is 5.96 Å². The molecular weight excluding hydrogens is 499 g/mol. The summed E-state index contributed by atoms with van der Waals surface area (Å²) in [5, 5.41) is 6.74. The fourth-order valence-corrected chi connectivity index (χ4v) is 2.51. The third kappa shape index (κ3) is 13.3. The number of rotatable bonds is 13. The first-order valence-electron chi connectivity index (χ1n) is 9.86. The molecule has 0 aliphatic carbocycles. The van der Waals surface area contributed by atoms with Gasteiger partial charge in [-0.05, 0) is 51.8 Å². The Morgan fingerprint density at radius 2 is 1.93 bits per heavy atom. The topological polar surface area (TPSA) is 58.1 Å². The zero-order chi connectivity index (χ0) is 20.8. The predicted molar refractivity (Wildman–Crippen MR) is 137 cm³/mol. The summed E-state index contributed by atoms with van der Waals surface area (Å²) in [7, 11) is 3.79. The van der Waals surface area contributed by atoms with Crippen LogP contribution in [-0.4, -0.2) is 75.4 Å². The van der Waals surface area contributed by atoms with Gasteiger partial charge in [0, 0.05) is 38.0 Å². The fraction of sp³-hybridized carbons (Fsp3) is 0.667. The number of nitrogens with one attached hydrogen (secondary N) is 2. The Bertz CT molecular complexity index is 588. The van der Waals surface area contributed by atoms with Crippen LogP contribution in [0.1, 0.15) is 26.3 Å². The Balaban J connectivity index is 0.00000784. The highest BCUT2D eigenvalue weighted by atomic mass is 127. The third-order valence-corrected chi connectivity index (χ3v) is 5.56. The Kier molecular flexibility index (Phi) is 15.6. The average molecular weight is 539 g/mol. The number of hydrogen-bond donors (Lipinski definition) is 2. The maximum atomic E-state index is 5.89. The molecule has 0 spiro atoms. The Hall–Kier alpha value is -0.710. The number of likely N-dealkylation sites (N-methyl/N-ethyl adjacent to an activating group) is 1. The number of methoxy groups -OCH3 is 1. The van der Waals surface area contributed by atoms with Crippen molar-refractivity contribution in [2.24, 2.45) is 4.99 Å². The molecule has 0 aliphatic heterocycles.